The van der Waals surface area contributed by atoms with E-state index < -0.39 is 0 Å². The van der Waals surface area contributed by atoms with Crippen molar-refractivity contribution in [1.82, 2.24) is 0 Å². The van der Waals surface area contributed by atoms with Crippen LogP contribution in [-0.2, 0) is 0 Å². The van der Waals surface area contributed by atoms with E-state index in [1.165, 1.54) is 0 Å². The van der Waals surface area contributed by atoms with Gasteiger partial charge in [-0.25, -0.2) is 0 Å². The number of aryl methyl sites for hydroxylation is 1. The zero-order valence-electron chi connectivity index (χ0n) is 8.23. The Labute approximate surface area is 82.9 Å². The molecule has 0 spiro atoms. The Morgan fingerprint density at radius 2 is 2.36 bits per heavy atom. The second-order valence-corrected chi connectivity index (χ2v) is 3.57. The maximum atomic E-state index is 8.87. The lowest BCUT2D eigenvalue weighted by molar-refractivity contribution is 0.281. The lowest BCUT2D eigenvalue weighted by atomic mass is 10.1. The summed E-state index contributed by atoms with van der Waals surface area (Å²) in [5, 5.41) is 9.99. The first-order chi connectivity index (χ1) is 6.79. The van der Waals surface area contributed by atoms with Gasteiger partial charge in [0.25, 0.3) is 0 Å². The van der Waals surface area contributed by atoms with E-state index in [0.717, 1.165) is 22.8 Å². The van der Waals surface area contributed by atoms with Crippen molar-refractivity contribution in [2.45, 2.75) is 13.3 Å². The third-order valence-corrected chi connectivity index (χ3v) is 2.38. The fraction of sp³-hybridized carbons (Fsp3) is 0.333. The van der Waals surface area contributed by atoms with Crippen LogP contribution in [0.3, 0.4) is 0 Å². The minimum atomic E-state index is 0.209. The summed E-state index contributed by atoms with van der Waals surface area (Å²) in [7, 11) is 0. The first-order valence-corrected chi connectivity index (χ1v) is 4.87. The highest BCUT2D eigenvalue weighted by molar-refractivity contribution is 5.44. The Kier molecular flexibility index (Phi) is 2.55. The van der Waals surface area contributed by atoms with E-state index in [-0.39, 0.29) is 12.5 Å². The minimum absolute atomic E-state index is 0.209. The van der Waals surface area contributed by atoms with E-state index in [4.69, 9.17) is 9.52 Å². The quantitative estimate of drug-likeness (QED) is 0.745. The standard InChI is InChI=1S/C12H14O2/c1-9-7-11-4-2-3-10(5-6-13)8-12(11)14-9/h2-4,7-8,10,13H,5-6H2,1H3. The molecule has 0 amide bonds. The van der Waals surface area contributed by atoms with Crippen LogP contribution in [0.25, 0.3) is 12.2 Å². The smallest absolute Gasteiger partial charge is 0.130 e. The van der Waals surface area contributed by atoms with Crippen LogP contribution in [0.2, 0.25) is 0 Å². The fourth-order valence-corrected chi connectivity index (χ4v) is 1.69. The third kappa shape index (κ3) is 1.80. The van der Waals surface area contributed by atoms with Gasteiger partial charge in [0.05, 0.1) is 0 Å². The second kappa shape index (κ2) is 3.84. The molecule has 1 aromatic heterocycles. The molecule has 0 saturated carbocycles. The van der Waals surface area contributed by atoms with Crippen LogP contribution >= 0.6 is 0 Å². The summed E-state index contributed by atoms with van der Waals surface area (Å²) in [5.41, 5.74) is 0.922. The minimum Gasteiger partial charge on any atom is -0.462 e. The Morgan fingerprint density at radius 1 is 1.50 bits per heavy atom. The predicted octanol–water partition coefficient (Wildman–Crippen LogP) is 0.717. The average molecular weight is 190 g/mol. The molecule has 1 heterocycles. The molecule has 2 heteroatoms. The molecule has 0 radical (unpaired) electrons. The molecule has 14 heavy (non-hydrogen) atoms. The van der Waals surface area contributed by atoms with Gasteiger partial charge in [-0.1, -0.05) is 18.2 Å². The number of hydrogen-bond acceptors (Lipinski definition) is 2. The van der Waals surface area contributed by atoms with E-state index in [1.807, 2.05) is 25.1 Å². The molecule has 0 bridgehead atoms. The Morgan fingerprint density at radius 3 is 3.14 bits per heavy atom. The molecule has 74 valence electrons. The lowest BCUT2D eigenvalue weighted by Gasteiger charge is -2.01. The van der Waals surface area contributed by atoms with Gasteiger partial charge in [-0.15, -0.1) is 0 Å². The summed E-state index contributed by atoms with van der Waals surface area (Å²) >= 11 is 0. The van der Waals surface area contributed by atoms with Crippen molar-refractivity contribution in [1.29, 1.82) is 0 Å². The SMILES string of the molecule is Cc1cc2c(o1)=CC(CCO)C=CC=2. The monoisotopic (exact) mass is 190 g/mol. The molecule has 1 atom stereocenters. The number of rotatable bonds is 2. The van der Waals surface area contributed by atoms with Gasteiger partial charge in [0.1, 0.15) is 11.2 Å². The van der Waals surface area contributed by atoms with Crippen LogP contribution < -0.4 is 10.6 Å². The summed E-state index contributed by atoms with van der Waals surface area (Å²) in [4.78, 5) is 0. The molecule has 1 aliphatic carbocycles. The number of aliphatic hydroxyl groups excluding tert-OH is 1. The normalized spacial score (nSPS) is 19.4. The highest BCUT2D eigenvalue weighted by atomic mass is 16.3. The molecule has 1 aliphatic rings. The second-order valence-electron chi connectivity index (χ2n) is 3.57. The molecular formula is C12H14O2. The third-order valence-electron chi connectivity index (χ3n) is 2.38. The van der Waals surface area contributed by atoms with Crippen molar-refractivity contribution in [2.75, 3.05) is 6.61 Å². The molecule has 1 aromatic rings. The van der Waals surface area contributed by atoms with Crippen LogP contribution in [0, 0.1) is 12.8 Å². The summed E-state index contributed by atoms with van der Waals surface area (Å²) < 4.78 is 5.55. The fourth-order valence-electron chi connectivity index (χ4n) is 1.69. The van der Waals surface area contributed by atoms with E-state index >= 15 is 0 Å². The van der Waals surface area contributed by atoms with Gasteiger partial charge in [0.15, 0.2) is 0 Å². The van der Waals surface area contributed by atoms with E-state index in [9.17, 15) is 0 Å². The first kappa shape index (κ1) is 9.28. The van der Waals surface area contributed by atoms with Gasteiger partial charge >= 0.3 is 0 Å². The predicted molar refractivity (Wildman–Crippen MR) is 56.0 cm³/mol. The maximum absolute atomic E-state index is 8.87. The highest BCUT2D eigenvalue weighted by Crippen LogP contribution is 2.07. The Balaban J connectivity index is 2.46. The number of fused-ring (bicyclic) bond motifs is 1. The van der Waals surface area contributed by atoms with Gasteiger partial charge < -0.3 is 9.52 Å². The van der Waals surface area contributed by atoms with Gasteiger partial charge in [0.2, 0.25) is 0 Å². The van der Waals surface area contributed by atoms with Crippen molar-refractivity contribution in [2.24, 2.45) is 5.92 Å². The van der Waals surface area contributed by atoms with Crippen molar-refractivity contribution < 1.29 is 9.52 Å². The zero-order chi connectivity index (χ0) is 9.97. The van der Waals surface area contributed by atoms with Crippen LogP contribution in [0.15, 0.2) is 22.6 Å². The van der Waals surface area contributed by atoms with Crippen LogP contribution in [0.1, 0.15) is 12.2 Å². The van der Waals surface area contributed by atoms with Crippen LogP contribution in [0.5, 0.6) is 0 Å². The molecule has 0 aliphatic heterocycles. The highest BCUT2D eigenvalue weighted by Gasteiger charge is 2.04. The Hall–Kier alpha value is -1.28. The summed E-state index contributed by atoms with van der Waals surface area (Å²) in [5.74, 6) is 1.21. The molecule has 0 aromatic carbocycles. The van der Waals surface area contributed by atoms with Crippen LogP contribution in [0.4, 0.5) is 0 Å². The number of allylic oxidation sites excluding steroid dienone is 2. The van der Waals surface area contributed by atoms with E-state index in [0.29, 0.717) is 0 Å². The van der Waals surface area contributed by atoms with Crippen molar-refractivity contribution in [3.63, 3.8) is 0 Å². The molecule has 1 N–H and O–H groups in total. The molecule has 1 unspecified atom stereocenters. The molecule has 0 saturated heterocycles. The van der Waals surface area contributed by atoms with Gasteiger partial charge in [-0.05, 0) is 25.5 Å². The summed E-state index contributed by atoms with van der Waals surface area (Å²) in [6.07, 6.45) is 8.97. The summed E-state index contributed by atoms with van der Waals surface area (Å²) in [6, 6.07) is 2.03. The summed E-state index contributed by atoms with van der Waals surface area (Å²) in [6.45, 7) is 2.15. The lowest BCUT2D eigenvalue weighted by Crippen LogP contribution is -2.19. The van der Waals surface area contributed by atoms with Gasteiger partial charge in [0, 0.05) is 17.7 Å². The zero-order valence-corrected chi connectivity index (χ0v) is 8.23. The molecule has 0 fully saturated rings. The molecule has 2 nitrogen and oxygen atoms in total. The maximum Gasteiger partial charge on any atom is 0.130 e. The first-order valence-electron chi connectivity index (χ1n) is 4.87. The molecule has 2 rings (SSSR count). The topological polar surface area (TPSA) is 33.4 Å². The average Bonchev–Trinajstić information content (AvgIpc) is 2.37. The van der Waals surface area contributed by atoms with Crippen LogP contribution in [-0.4, -0.2) is 11.7 Å². The largest absolute Gasteiger partial charge is 0.462 e. The Bertz CT molecular complexity index is 451. The van der Waals surface area contributed by atoms with Crippen molar-refractivity contribution in [3.8, 4) is 0 Å². The molecular weight excluding hydrogens is 176 g/mol. The van der Waals surface area contributed by atoms with E-state index in [1.54, 1.807) is 0 Å². The number of hydrogen-bond donors (Lipinski definition) is 1. The number of aliphatic hydroxyl groups is 1. The van der Waals surface area contributed by atoms with Gasteiger partial charge in [-0.3, -0.25) is 0 Å². The van der Waals surface area contributed by atoms with Crippen molar-refractivity contribution in [3.05, 3.63) is 34.6 Å². The number of furan rings is 1. The van der Waals surface area contributed by atoms with E-state index in [2.05, 4.69) is 12.2 Å². The van der Waals surface area contributed by atoms with Crippen molar-refractivity contribution >= 4 is 12.2 Å². The van der Waals surface area contributed by atoms with Gasteiger partial charge in [-0.2, -0.15) is 0 Å².